The second-order valence-corrected chi connectivity index (χ2v) is 17.1. The standard InChI is InChI=1S/C21H19N2O.C17H22NSi.Ir/c1-13(2)10-15-11-19(23-12-14(15)3)18-7-4-6-16-17-8-5-9-22-21(17)24-20(16)18;1-13(2)15-11-16(14-9-7-6-8-10-14)18-12-17(15)19(3,4)5;/h4-6,8-9,11-13H,10H2,1-3H3;6-9,11-13H,1-5H3;/q2*-1;/i3D3,10D2;13D;. The summed E-state index contributed by atoms with van der Waals surface area (Å²) in [5, 5.41) is 2.98. The Morgan fingerprint density at radius 3 is 2.39 bits per heavy atom. The molecule has 1 radical (unpaired) electrons. The van der Waals surface area contributed by atoms with Crippen LogP contribution in [0.1, 0.15) is 58.5 Å². The molecule has 6 aromatic rings. The minimum atomic E-state index is -2.47. The van der Waals surface area contributed by atoms with Gasteiger partial charge in [-0.15, -0.1) is 54.1 Å². The molecule has 0 aliphatic rings. The smallest absolute Gasteiger partial charge is 0.216 e. The van der Waals surface area contributed by atoms with Crippen molar-refractivity contribution in [3.8, 4) is 22.5 Å². The summed E-state index contributed by atoms with van der Waals surface area (Å²) in [6, 6.07) is 25.1. The molecule has 229 valence electrons. The summed E-state index contributed by atoms with van der Waals surface area (Å²) in [5.74, 6) is -1.03. The third kappa shape index (κ3) is 7.43. The van der Waals surface area contributed by atoms with Crippen LogP contribution in [0.25, 0.3) is 44.6 Å². The number of benzene rings is 2. The SMILES string of the molecule is [2H]C(C)(C)c1cc(-c2[c-]cccc2)ncc1[Si](C)(C)C.[2H]C([2H])([2H])c1cnc(-c2[c-]ccc3c2oc2ncccc23)cc1C([2H])([2H])C(C)C.[Ir]. The van der Waals surface area contributed by atoms with Crippen LogP contribution in [0.2, 0.25) is 19.6 Å². The Morgan fingerprint density at radius 1 is 0.909 bits per heavy atom. The summed E-state index contributed by atoms with van der Waals surface area (Å²) >= 11 is 0. The summed E-state index contributed by atoms with van der Waals surface area (Å²) in [6.45, 7) is 11.8. The number of aromatic nitrogens is 3. The maximum Gasteiger partial charge on any atom is 0.216 e. The minimum Gasteiger partial charge on any atom is -0.486 e. The number of furan rings is 1. The Bertz CT molecular complexity index is 2100. The van der Waals surface area contributed by atoms with Crippen molar-refractivity contribution < 1.29 is 32.7 Å². The fourth-order valence-corrected chi connectivity index (χ4v) is 6.54. The zero-order chi connectivity index (χ0) is 35.9. The van der Waals surface area contributed by atoms with Gasteiger partial charge in [0.15, 0.2) is 0 Å². The van der Waals surface area contributed by atoms with E-state index < -0.39 is 33.1 Å². The molecule has 0 spiro atoms. The van der Waals surface area contributed by atoms with E-state index in [-0.39, 0.29) is 31.2 Å². The average molecular weight is 782 g/mol. The maximum absolute atomic E-state index is 8.50. The topological polar surface area (TPSA) is 51.8 Å². The first kappa shape index (κ1) is 25.8. The fraction of sp³-hybridized carbons (Fsp3) is 0.289. The molecule has 2 aromatic carbocycles. The molecule has 0 N–H and O–H groups in total. The molecule has 0 saturated carbocycles. The number of hydrogen-bond donors (Lipinski definition) is 0. The largest absolute Gasteiger partial charge is 0.486 e. The first-order chi connectivity index (χ1) is 22.8. The molecule has 4 aromatic heterocycles. The predicted octanol–water partition coefficient (Wildman–Crippen LogP) is 9.56. The molecule has 0 aliphatic carbocycles. The third-order valence-electron chi connectivity index (χ3n) is 7.05. The molecule has 0 saturated heterocycles. The van der Waals surface area contributed by atoms with E-state index in [0.29, 0.717) is 22.6 Å². The molecule has 0 unspecified atom stereocenters. The fourth-order valence-electron chi connectivity index (χ4n) is 4.96. The normalized spacial score (nSPS) is 14.4. The number of hydrogen-bond acceptors (Lipinski definition) is 4. The van der Waals surface area contributed by atoms with Crippen LogP contribution in [-0.2, 0) is 26.5 Å². The van der Waals surface area contributed by atoms with E-state index in [1.54, 1.807) is 26.1 Å². The number of nitrogens with zero attached hydrogens (tertiary/aromatic N) is 3. The Hall–Kier alpha value is -3.44. The summed E-state index contributed by atoms with van der Waals surface area (Å²) in [6.07, 6.45) is 3.02. The van der Waals surface area contributed by atoms with Gasteiger partial charge in [0.1, 0.15) is 0 Å². The van der Waals surface area contributed by atoms with E-state index in [9.17, 15) is 0 Å². The van der Waals surface area contributed by atoms with Crippen LogP contribution >= 0.6 is 0 Å². The second kappa shape index (κ2) is 14.1. The van der Waals surface area contributed by atoms with E-state index in [1.807, 2.05) is 62.5 Å². The van der Waals surface area contributed by atoms with E-state index in [4.69, 9.17) is 12.6 Å². The molecule has 44 heavy (non-hydrogen) atoms. The van der Waals surface area contributed by atoms with Crippen molar-refractivity contribution in [1.29, 1.82) is 0 Å². The Morgan fingerprint density at radius 2 is 1.70 bits per heavy atom. The van der Waals surface area contributed by atoms with Gasteiger partial charge in [0.25, 0.3) is 0 Å². The third-order valence-corrected chi connectivity index (χ3v) is 9.06. The van der Waals surface area contributed by atoms with Gasteiger partial charge < -0.3 is 14.4 Å². The molecule has 4 nitrogen and oxygen atoms in total. The number of pyridine rings is 3. The summed E-state index contributed by atoms with van der Waals surface area (Å²) in [5.41, 5.74) is 4.98. The molecule has 0 aliphatic heterocycles. The van der Waals surface area contributed by atoms with E-state index in [2.05, 4.69) is 52.8 Å². The molecular formula is C38H41IrN3OSi-2. The van der Waals surface area contributed by atoms with Crippen LogP contribution in [-0.4, -0.2) is 23.0 Å². The van der Waals surface area contributed by atoms with Gasteiger partial charge in [-0.3, -0.25) is 0 Å². The Balaban J connectivity index is 0.000000236. The van der Waals surface area contributed by atoms with Gasteiger partial charge in [-0.05, 0) is 59.3 Å². The van der Waals surface area contributed by atoms with E-state index >= 15 is 0 Å². The Labute approximate surface area is 285 Å². The molecule has 0 bridgehead atoms. The predicted molar refractivity (Wildman–Crippen MR) is 182 cm³/mol. The molecule has 6 heteroatoms. The van der Waals surface area contributed by atoms with Gasteiger partial charge in [0, 0.05) is 52.3 Å². The monoisotopic (exact) mass is 782 g/mol. The van der Waals surface area contributed by atoms with Crippen molar-refractivity contribution >= 4 is 35.3 Å². The number of rotatable bonds is 6. The molecule has 0 atom stereocenters. The number of aryl methyl sites for hydroxylation is 1. The molecular weight excluding hydrogens is 735 g/mol. The minimum absolute atomic E-state index is 0. The quantitative estimate of drug-likeness (QED) is 0.125. The number of fused-ring (bicyclic) bond motifs is 3. The molecule has 4 heterocycles. The van der Waals surface area contributed by atoms with Gasteiger partial charge in [0.2, 0.25) is 5.71 Å². The van der Waals surface area contributed by atoms with Crippen molar-refractivity contribution in [3.63, 3.8) is 0 Å². The zero-order valence-corrected chi connectivity index (χ0v) is 29.6. The van der Waals surface area contributed by atoms with Crippen molar-refractivity contribution in [1.82, 2.24) is 15.0 Å². The molecule has 0 fully saturated rings. The van der Waals surface area contributed by atoms with Gasteiger partial charge in [-0.25, -0.2) is 4.98 Å². The van der Waals surface area contributed by atoms with E-state index in [0.717, 1.165) is 27.6 Å². The first-order valence-electron chi connectivity index (χ1n) is 17.5. The summed E-state index contributed by atoms with van der Waals surface area (Å²) in [4.78, 5) is 13.2. The average Bonchev–Trinajstić information content (AvgIpc) is 3.42. The van der Waals surface area contributed by atoms with Gasteiger partial charge in [-0.1, -0.05) is 81.5 Å². The second-order valence-electron chi connectivity index (χ2n) is 12.1. The van der Waals surface area contributed by atoms with Crippen molar-refractivity contribution in [2.24, 2.45) is 5.92 Å². The first-order valence-corrected chi connectivity index (χ1v) is 18.0. The van der Waals surface area contributed by atoms with Crippen LogP contribution in [0.3, 0.4) is 0 Å². The van der Waals surface area contributed by atoms with Crippen LogP contribution in [0, 0.1) is 24.9 Å². The van der Waals surface area contributed by atoms with Gasteiger partial charge in [0.05, 0.1) is 13.7 Å². The maximum atomic E-state index is 8.50. The summed E-state index contributed by atoms with van der Waals surface area (Å²) < 4.78 is 54.8. The van der Waals surface area contributed by atoms with Gasteiger partial charge >= 0.3 is 0 Å². The van der Waals surface area contributed by atoms with Crippen LogP contribution < -0.4 is 5.19 Å². The van der Waals surface area contributed by atoms with Crippen molar-refractivity contribution in [3.05, 3.63) is 108 Å². The Kier molecular flexibility index (Phi) is 8.29. The van der Waals surface area contributed by atoms with Crippen LogP contribution in [0.5, 0.6) is 0 Å². The van der Waals surface area contributed by atoms with Gasteiger partial charge in [-0.2, -0.15) is 0 Å². The molecule has 6 rings (SSSR count). The zero-order valence-electron chi connectivity index (χ0n) is 32.2. The van der Waals surface area contributed by atoms with E-state index in [1.165, 1.54) is 17.4 Å². The molecule has 0 amide bonds. The van der Waals surface area contributed by atoms with Crippen molar-refractivity contribution in [2.75, 3.05) is 0 Å². The van der Waals surface area contributed by atoms with Crippen LogP contribution in [0.15, 0.2) is 83.7 Å². The van der Waals surface area contributed by atoms with Crippen molar-refractivity contribution in [2.45, 2.75) is 66.5 Å². The summed E-state index contributed by atoms with van der Waals surface area (Å²) in [7, 11) is -1.50. The van der Waals surface area contributed by atoms with Crippen LogP contribution in [0.4, 0.5) is 0 Å².